The molecule has 0 aromatic heterocycles. The van der Waals surface area contributed by atoms with E-state index in [1.807, 2.05) is 0 Å². The summed E-state index contributed by atoms with van der Waals surface area (Å²) < 4.78 is 0. The van der Waals surface area contributed by atoms with Gasteiger partial charge in [-0.15, -0.1) is 6.58 Å². The Labute approximate surface area is 173 Å². The standard InChI is InChI=1S/C26H53N/c1-4-7-10-13-15-17-19-22-25-27-26(23-20-12-9-6-3)24-21-18-16-14-11-8-5-2/h6,26-27H,3-5,7-25H2,1-2H3. The summed E-state index contributed by atoms with van der Waals surface area (Å²) in [5.74, 6) is 0. The largest absolute Gasteiger partial charge is 0.314 e. The van der Waals surface area contributed by atoms with E-state index in [0.29, 0.717) is 0 Å². The number of unbranched alkanes of at least 4 members (excludes halogenated alkanes) is 15. The molecule has 0 aromatic carbocycles. The smallest absolute Gasteiger partial charge is 0.00670 e. The van der Waals surface area contributed by atoms with Crippen LogP contribution in [0.4, 0.5) is 0 Å². The fourth-order valence-corrected chi connectivity index (χ4v) is 3.94. The second-order valence-corrected chi connectivity index (χ2v) is 8.61. The van der Waals surface area contributed by atoms with Crippen LogP contribution < -0.4 is 5.32 Å². The number of allylic oxidation sites excluding steroid dienone is 1. The minimum Gasteiger partial charge on any atom is -0.314 e. The van der Waals surface area contributed by atoms with Crippen molar-refractivity contribution in [2.75, 3.05) is 6.54 Å². The molecule has 0 saturated heterocycles. The summed E-state index contributed by atoms with van der Waals surface area (Å²) in [7, 11) is 0. The van der Waals surface area contributed by atoms with Gasteiger partial charge in [0.05, 0.1) is 0 Å². The number of rotatable bonds is 23. The van der Waals surface area contributed by atoms with Gasteiger partial charge in [0.1, 0.15) is 0 Å². The van der Waals surface area contributed by atoms with Crippen molar-refractivity contribution >= 4 is 0 Å². The van der Waals surface area contributed by atoms with Crippen molar-refractivity contribution in [3.8, 4) is 0 Å². The molecule has 0 aromatic rings. The Kier molecular flexibility index (Phi) is 23.5. The second kappa shape index (κ2) is 23.7. The molecule has 0 aliphatic heterocycles. The Morgan fingerprint density at radius 1 is 0.593 bits per heavy atom. The van der Waals surface area contributed by atoms with Gasteiger partial charge in [0.15, 0.2) is 0 Å². The van der Waals surface area contributed by atoms with Gasteiger partial charge in [-0.05, 0) is 38.6 Å². The highest BCUT2D eigenvalue weighted by molar-refractivity contribution is 4.70. The molecule has 0 fully saturated rings. The molecular formula is C26H53N. The molecule has 0 rings (SSSR count). The predicted molar refractivity (Wildman–Crippen MR) is 126 cm³/mol. The zero-order valence-corrected chi connectivity index (χ0v) is 19.2. The summed E-state index contributed by atoms with van der Waals surface area (Å²) in [5.41, 5.74) is 0. The topological polar surface area (TPSA) is 12.0 Å². The van der Waals surface area contributed by atoms with Crippen LogP contribution in [0.1, 0.15) is 142 Å². The molecule has 27 heavy (non-hydrogen) atoms. The first-order valence-corrected chi connectivity index (χ1v) is 12.7. The molecule has 0 bridgehead atoms. The Balaban J connectivity index is 3.70. The predicted octanol–water partition coefficient (Wildman–Crippen LogP) is 8.97. The summed E-state index contributed by atoms with van der Waals surface area (Å²) in [6, 6.07) is 0.759. The highest BCUT2D eigenvalue weighted by Gasteiger charge is 2.07. The van der Waals surface area contributed by atoms with E-state index in [1.54, 1.807) is 0 Å². The van der Waals surface area contributed by atoms with Gasteiger partial charge in [0.25, 0.3) is 0 Å². The van der Waals surface area contributed by atoms with E-state index in [1.165, 1.54) is 135 Å². The first-order chi connectivity index (χ1) is 13.3. The van der Waals surface area contributed by atoms with Crippen molar-refractivity contribution in [2.24, 2.45) is 0 Å². The molecule has 0 spiro atoms. The quantitative estimate of drug-likeness (QED) is 0.138. The van der Waals surface area contributed by atoms with Crippen LogP contribution in [0.2, 0.25) is 0 Å². The van der Waals surface area contributed by atoms with E-state index in [4.69, 9.17) is 0 Å². The highest BCUT2D eigenvalue weighted by Crippen LogP contribution is 2.14. The number of hydrogen-bond donors (Lipinski definition) is 1. The summed E-state index contributed by atoms with van der Waals surface area (Å²) in [4.78, 5) is 0. The summed E-state index contributed by atoms with van der Waals surface area (Å²) >= 11 is 0. The summed E-state index contributed by atoms with van der Waals surface area (Å²) in [6.07, 6.45) is 30.0. The molecule has 1 N–H and O–H groups in total. The van der Waals surface area contributed by atoms with Crippen LogP contribution in [0.5, 0.6) is 0 Å². The third kappa shape index (κ3) is 21.9. The maximum atomic E-state index is 3.89. The lowest BCUT2D eigenvalue weighted by atomic mass is 10.0. The van der Waals surface area contributed by atoms with Crippen molar-refractivity contribution in [3.63, 3.8) is 0 Å². The lowest BCUT2D eigenvalue weighted by Crippen LogP contribution is -2.30. The van der Waals surface area contributed by atoms with Crippen molar-refractivity contribution in [3.05, 3.63) is 12.7 Å². The minimum absolute atomic E-state index is 0.759. The fraction of sp³-hybridized carbons (Fsp3) is 0.923. The van der Waals surface area contributed by atoms with E-state index in [9.17, 15) is 0 Å². The van der Waals surface area contributed by atoms with Crippen LogP contribution in [-0.4, -0.2) is 12.6 Å². The van der Waals surface area contributed by atoms with Crippen molar-refractivity contribution in [2.45, 2.75) is 148 Å². The van der Waals surface area contributed by atoms with Gasteiger partial charge in [-0.25, -0.2) is 0 Å². The lowest BCUT2D eigenvalue weighted by molar-refractivity contribution is 0.409. The van der Waals surface area contributed by atoms with E-state index in [2.05, 4.69) is 31.8 Å². The average Bonchev–Trinajstić information content (AvgIpc) is 2.68. The number of nitrogens with one attached hydrogen (secondary N) is 1. The highest BCUT2D eigenvalue weighted by atomic mass is 14.9. The Morgan fingerprint density at radius 2 is 1.04 bits per heavy atom. The van der Waals surface area contributed by atoms with Crippen LogP contribution in [0.25, 0.3) is 0 Å². The maximum absolute atomic E-state index is 3.89. The maximum Gasteiger partial charge on any atom is 0.00670 e. The molecule has 0 aliphatic carbocycles. The van der Waals surface area contributed by atoms with Crippen LogP contribution in [0.15, 0.2) is 12.7 Å². The van der Waals surface area contributed by atoms with E-state index in [-0.39, 0.29) is 0 Å². The van der Waals surface area contributed by atoms with Gasteiger partial charge < -0.3 is 5.32 Å². The Bertz CT molecular complexity index is 273. The fourth-order valence-electron chi connectivity index (χ4n) is 3.94. The summed E-state index contributed by atoms with van der Waals surface area (Å²) in [5, 5.41) is 3.89. The molecule has 1 atom stereocenters. The molecule has 1 unspecified atom stereocenters. The number of hydrogen-bond acceptors (Lipinski definition) is 1. The van der Waals surface area contributed by atoms with Gasteiger partial charge in [-0.1, -0.05) is 116 Å². The third-order valence-corrected chi connectivity index (χ3v) is 5.83. The van der Waals surface area contributed by atoms with Crippen molar-refractivity contribution in [1.82, 2.24) is 5.32 Å². The first kappa shape index (κ1) is 26.7. The zero-order chi connectivity index (χ0) is 19.8. The molecule has 0 saturated carbocycles. The molecule has 0 heterocycles. The normalized spacial score (nSPS) is 12.4. The third-order valence-electron chi connectivity index (χ3n) is 5.83. The average molecular weight is 380 g/mol. The lowest BCUT2D eigenvalue weighted by Gasteiger charge is -2.19. The van der Waals surface area contributed by atoms with E-state index >= 15 is 0 Å². The van der Waals surface area contributed by atoms with Gasteiger partial charge in [0, 0.05) is 6.04 Å². The second-order valence-electron chi connectivity index (χ2n) is 8.61. The Morgan fingerprint density at radius 3 is 1.56 bits per heavy atom. The SMILES string of the molecule is C=CCCCCC(CCCCCCCCC)NCCCCCCCCCC. The zero-order valence-electron chi connectivity index (χ0n) is 19.2. The van der Waals surface area contributed by atoms with E-state index < -0.39 is 0 Å². The van der Waals surface area contributed by atoms with Gasteiger partial charge in [-0.2, -0.15) is 0 Å². The summed E-state index contributed by atoms with van der Waals surface area (Å²) in [6.45, 7) is 9.69. The van der Waals surface area contributed by atoms with Gasteiger partial charge >= 0.3 is 0 Å². The molecule has 0 radical (unpaired) electrons. The van der Waals surface area contributed by atoms with Gasteiger partial charge in [-0.3, -0.25) is 0 Å². The van der Waals surface area contributed by atoms with Crippen molar-refractivity contribution in [1.29, 1.82) is 0 Å². The van der Waals surface area contributed by atoms with Crippen LogP contribution >= 0.6 is 0 Å². The molecule has 0 aliphatic rings. The van der Waals surface area contributed by atoms with Crippen LogP contribution in [-0.2, 0) is 0 Å². The molecule has 0 amide bonds. The molecule has 1 nitrogen and oxygen atoms in total. The Hall–Kier alpha value is -0.300. The monoisotopic (exact) mass is 379 g/mol. The molecular weight excluding hydrogens is 326 g/mol. The van der Waals surface area contributed by atoms with Gasteiger partial charge in [0.2, 0.25) is 0 Å². The molecule has 1 heteroatoms. The minimum atomic E-state index is 0.759. The van der Waals surface area contributed by atoms with Crippen LogP contribution in [0.3, 0.4) is 0 Å². The van der Waals surface area contributed by atoms with Crippen LogP contribution in [0, 0.1) is 0 Å². The van der Waals surface area contributed by atoms with Crippen molar-refractivity contribution < 1.29 is 0 Å². The molecule has 162 valence electrons. The van der Waals surface area contributed by atoms with E-state index in [0.717, 1.165) is 6.04 Å². The first-order valence-electron chi connectivity index (χ1n) is 12.7.